The highest BCUT2D eigenvalue weighted by Gasteiger charge is 2.18. The van der Waals surface area contributed by atoms with E-state index in [4.69, 9.17) is 0 Å². The zero-order valence-electron chi connectivity index (χ0n) is 17.2. The molecule has 9 heteroatoms. The van der Waals surface area contributed by atoms with Gasteiger partial charge in [0.1, 0.15) is 0 Å². The summed E-state index contributed by atoms with van der Waals surface area (Å²) >= 11 is 1.71. The Bertz CT molecular complexity index is 1030. The summed E-state index contributed by atoms with van der Waals surface area (Å²) in [4.78, 5) is 21.7. The van der Waals surface area contributed by atoms with Crippen molar-refractivity contribution in [2.75, 3.05) is 32.7 Å². The van der Waals surface area contributed by atoms with Gasteiger partial charge in [0.05, 0.1) is 22.9 Å². The first-order valence-electron chi connectivity index (χ1n) is 9.95. The molecule has 4 heterocycles. The summed E-state index contributed by atoms with van der Waals surface area (Å²) < 4.78 is 3.33. The third kappa shape index (κ3) is 4.80. The highest BCUT2D eigenvalue weighted by Crippen LogP contribution is 2.12. The predicted molar refractivity (Wildman–Crippen MR) is 114 cm³/mol. The molecule has 4 rings (SSSR count). The van der Waals surface area contributed by atoms with Crippen LogP contribution < -0.4 is 5.56 Å². The number of hydrogen-bond acceptors (Lipinski definition) is 7. The standard InChI is InChI=1S/C20H27N7OS/c1-15-12-16(2)27(22-15)19-4-5-20(28)26(23-19)11-10-24-6-8-25(9-7-24)13-18-14-29-17(3)21-18/h4-5,12,14H,6-11,13H2,1-3H3. The van der Waals surface area contributed by atoms with E-state index >= 15 is 0 Å². The van der Waals surface area contributed by atoms with Crippen molar-refractivity contribution < 1.29 is 0 Å². The maximum Gasteiger partial charge on any atom is 0.266 e. The number of aryl methyl sites for hydroxylation is 3. The average Bonchev–Trinajstić information content (AvgIpc) is 3.26. The molecule has 0 N–H and O–H groups in total. The van der Waals surface area contributed by atoms with Crippen LogP contribution in [-0.4, -0.2) is 67.1 Å². The molecule has 0 spiro atoms. The fraction of sp³-hybridized carbons (Fsp3) is 0.500. The number of rotatable bonds is 6. The molecule has 0 unspecified atom stereocenters. The molecule has 1 aliphatic rings. The van der Waals surface area contributed by atoms with E-state index in [1.807, 2.05) is 26.8 Å². The summed E-state index contributed by atoms with van der Waals surface area (Å²) in [5.41, 5.74) is 3.03. The van der Waals surface area contributed by atoms with E-state index < -0.39 is 0 Å². The summed E-state index contributed by atoms with van der Waals surface area (Å²) in [7, 11) is 0. The Kier molecular flexibility index (Phi) is 5.89. The lowest BCUT2D eigenvalue weighted by Crippen LogP contribution is -2.47. The summed E-state index contributed by atoms with van der Waals surface area (Å²) in [6.45, 7) is 12.3. The first-order valence-corrected chi connectivity index (χ1v) is 10.8. The molecule has 154 valence electrons. The number of thiazole rings is 1. The van der Waals surface area contributed by atoms with Crippen molar-refractivity contribution in [3.63, 3.8) is 0 Å². The summed E-state index contributed by atoms with van der Waals surface area (Å²) in [6.07, 6.45) is 0. The molecule has 0 bridgehead atoms. The highest BCUT2D eigenvalue weighted by molar-refractivity contribution is 7.09. The normalized spacial score (nSPS) is 15.8. The molecule has 1 aliphatic heterocycles. The third-order valence-electron chi connectivity index (χ3n) is 5.22. The highest BCUT2D eigenvalue weighted by atomic mass is 32.1. The van der Waals surface area contributed by atoms with Crippen LogP contribution in [0.4, 0.5) is 0 Å². The lowest BCUT2D eigenvalue weighted by Gasteiger charge is -2.34. The van der Waals surface area contributed by atoms with Gasteiger partial charge in [-0.2, -0.15) is 5.10 Å². The zero-order chi connectivity index (χ0) is 20.4. The quantitative estimate of drug-likeness (QED) is 0.612. The van der Waals surface area contributed by atoms with Crippen molar-refractivity contribution in [1.29, 1.82) is 0 Å². The molecule has 29 heavy (non-hydrogen) atoms. The minimum Gasteiger partial charge on any atom is -0.299 e. The Hall–Kier alpha value is -2.36. The minimum atomic E-state index is -0.0761. The number of piperazine rings is 1. The van der Waals surface area contributed by atoms with E-state index in [1.54, 1.807) is 32.8 Å². The van der Waals surface area contributed by atoms with Crippen molar-refractivity contribution >= 4 is 11.3 Å². The molecular formula is C20H27N7OS. The van der Waals surface area contributed by atoms with Gasteiger partial charge in [-0.15, -0.1) is 16.4 Å². The van der Waals surface area contributed by atoms with Crippen LogP contribution in [0.5, 0.6) is 0 Å². The van der Waals surface area contributed by atoms with Crippen LogP contribution in [0, 0.1) is 20.8 Å². The lowest BCUT2D eigenvalue weighted by molar-refractivity contribution is 0.122. The van der Waals surface area contributed by atoms with Gasteiger partial charge in [-0.1, -0.05) is 0 Å². The maximum absolute atomic E-state index is 12.3. The molecule has 0 amide bonds. The van der Waals surface area contributed by atoms with Crippen molar-refractivity contribution in [2.24, 2.45) is 0 Å². The second-order valence-electron chi connectivity index (χ2n) is 7.57. The van der Waals surface area contributed by atoms with E-state index in [2.05, 4.69) is 30.4 Å². The van der Waals surface area contributed by atoms with Gasteiger partial charge in [-0.3, -0.25) is 14.6 Å². The lowest BCUT2D eigenvalue weighted by atomic mass is 10.3. The largest absolute Gasteiger partial charge is 0.299 e. The first kappa shape index (κ1) is 19.9. The molecule has 1 fully saturated rings. The first-order chi connectivity index (χ1) is 14.0. The molecule has 0 radical (unpaired) electrons. The number of hydrogen-bond donors (Lipinski definition) is 0. The van der Waals surface area contributed by atoms with Crippen LogP contribution in [-0.2, 0) is 13.1 Å². The van der Waals surface area contributed by atoms with E-state index in [9.17, 15) is 4.79 Å². The van der Waals surface area contributed by atoms with Crippen molar-refractivity contribution in [3.8, 4) is 5.82 Å². The van der Waals surface area contributed by atoms with Gasteiger partial charge in [0.25, 0.3) is 5.56 Å². The Morgan fingerprint density at radius 2 is 1.76 bits per heavy atom. The van der Waals surface area contributed by atoms with Gasteiger partial charge in [0, 0.05) is 56.4 Å². The van der Waals surface area contributed by atoms with Crippen molar-refractivity contribution in [2.45, 2.75) is 33.9 Å². The zero-order valence-corrected chi connectivity index (χ0v) is 18.0. The average molecular weight is 414 g/mol. The molecule has 0 saturated carbocycles. The van der Waals surface area contributed by atoms with Gasteiger partial charge in [-0.05, 0) is 32.9 Å². The Morgan fingerprint density at radius 1 is 1.00 bits per heavy atom. The molecule has 1 saturated heterocycles. The number of nitrogens with zero attached hydrogens (tertiary/aromatic N) is 7. The Balaban J connectivity index is 1.33. The number of aromatic nitrogens is 5. The van der Waals surface area contributed by atoms with Gasteiger partial charge in [-0.25, -0.2) is 14.3 Å². The van der Waals surface area contributed by atoms with Gasteiger partial charge < -0.3 is 0 Å². The van der Waals surface area contributed by atoms with Crippen LogP contribution in [0.15, 0.2) is 28.4 Å². The maximum atomic E-state index is 12.3. The van der Waals surface area contributed by atoms with Crippen LogP contribution in [0.1, 0.15) is 22.1 Å². The van der Waals surface area contributed by atoms with E-state index in [1.165, 1.54) is 0 Å². The Labute approximate surface area is 174 Å². The SMILES string of the molecule is Cc1cc(C)n(-c2ccc(=O)n(CCN3CCN(Cc4csc(C)n4)CC3)n2)n1. The van der Waals surface area contributed by atoms with Gasteiger partial charge >= 0.3 is 0 Å². The van der Waals surface area contributed by atoms with Crippen LogP contribution >= 0.6 is 11.3 Å². The van der Waals surface area contributed by atoms with E-state index in [0.717, 1.165) is 61.4 Å². The molecule has 0 aromatic carbocycles. The predicted octanol–water partition coefficient (Wildman–Crippen LogP) is 1.63. The van der Waals surface area contributed by atoms with Crippen LogP contribution in [0.3, 0.4) is 0 Å². The minimum absolute atomic E-state index is 0.0761. The molecule has 3 aromatic heterocycles. The third-order valence-corrected chi connectivity index (χ3v) is 6.05. The second kappa shape index (κ2) is 8.56. The summed E-state index contributed by atoms with van der Waals surface area (Å²) in [5, 5.41) is 12.3. The summed E-state index contributed by atoms with van der Waals surface area (Å²) in [5.74, 6) is 0.679. The topological polar surface area (TPSA) is 72.1 Å². The van der Waals surface area contributed by atoms with Gasteiger partial charge in [0.2, 0.25) is 0 Å². The van der Waals surface area contributed by atoms with Crippen LogP contribution in [0.25, 0.3) is 5.82 Å². The molecule has 0 aliphatic carbocycles. The molecule has 3 aromatic rings. The monoisotopic (exact) mass is 413 g/mol. The fourth-order valence-corrected chi connectivity index (χ4v) is 4.29. The second-order valence-corrected chi connectivity index (χ2v) is 8.63. The van der Waals surface area contributed by atoms with E-state index in [0.29, 0.717) is 12.4 Å². The molecule has 0 atom stereocenters. The Morgan fingerprint density at radius 3 is 2.41 bits per heavy atom. The van der Waals surface area contributed by atoms with Crippen molar-refractivity contribution in [1.82, 2.24) is 34.3 Å². The molecule has 8 nitrogen and oxygen atoms in total. The smallest absolute Gasteiger partial charge is 0.266 e. The van der Waals surface area contributed by atoms with E-state index in [-0.39, 0.29) is 5.56 Å². The van der Waals surface area contributed by atoms with Crippen molar-refractivity contribution in [3.05, 3.63) is 56.0 Å². The summed E-state index contributed by atoms with van der Waals surface area (Å²) in [6, 6.07) is 5.31. The molecular weight excluding hydrogens is 386 g/mol. The fourth-order valence-electron chi connectivity index (χ4n) is 3.69. The van der Waals surface area contributed by atoms with Crippen LogP contribution in [0.2, 0.25) is 0 Å². The van der Waals surface area contributed by atoms with Gasteiger partial charge in [0.15, 0.2) is 5.82 Å².